The number of thiazole rings is 1. The molecule has 0 saturated heterocycles. The van der Waals surface area contributed by atoms with Crippen LogP contribution in [0.2, 0.25) is 0 Å². The van der Waals surface area contributed by atoms with Crippen molar-refractivity contribution in [3.8, 4) is 0 Å². The van der Waals surface area contributed by atoms with Crippen LogP contribution in [0, 0.1) is 13.8 Å². The monoisotopic (exact) mass is 447 g/mol. The van der Waals surface area contributed by atoms with Gasteiger partial charge < -0.3 is 0 Å². The Morgan fingerprint density at radius 1 is 1.06 bits per heavy atom. The molecule has 0 aliphatic carbocycles. The number of amides is 1. The fraction of sp³-hybridized carbons (Fsp3) is 0.240. The number of fused-ring (bicyclic) bond motifs is 1. The molecular formula is C25H25N3OS2. The van der Waals surface area contributed by atoms with Crippen LogP contribution in [0.1, 0.15) is 29.7 Å². The normalized spacial score (nSPS) is 11.0. The molecule has 4 nitrogen and oxygen atoms in total. The predicted molar refractivity (Wildman–Crippen MR) is 131 cm³/mol. The zero-order valence-corrected chi connectivity index (χ0v) is 19.4. The number of aryl methyl sites for hydroxylation is 2. The molecule has 2 aromatic heterocycles. The van der Waals surface area contributed by atoms with Crippen molar-refractivity contribution in [3.05, 3.63) is 83.7 Å². The van der Waals surface area contributed by atoms with Crippen molar-refractivity contribution in [1.82, 2.24) is 9.97 Å². The summed E-state index contributed by atoms with van der Waals surface area (Å²) >= 11 is 3.37. The first kappa shape index (κ1) is 21.5. The smallest absolute Gasteiger partial charge is 0.229 e. The van der Waals surface area contributed by atoms with E-state index >= 15 is 0 Å². The highest BCUT2D eigenvalue weighted by atomic mass is 32.2. The lowest BCUT2D eigenvalue weighted by Gasteiger charge is -2.19. The fourth-order valence-electron chi connectivity index (χ4n) is 3.46. The molecule has 0 radical (unpaired) electrons. The van der Waals surface area contributed by atoms with Gasteiger partial charge in [-0.15, -0.1) is 11.8 Å². The molecule has 0 spiro atoms. The van der Waals surface area contributed by atoms with Crippen LogP contribution < -0.4 is 4.90 Å². The first-order valence-electron chi connectivity index (χ1n) is 10.4. The second-order valence-corrected chi connectivity index (χ2v) is 9.64. The largest absolute Gasteiger partial charge is 0.282 e. The zero-order chi connectivity index (χ0) is 21.6. The molecule has 0 bridgehead atoms. The standard InChI is InChI=1S/C25H25N3OS2/c1-18-15-19(2)24-22(16-18)27-25(31-24)28(17-20-9-6-7-13-26-20)23(29)12-8-14-30-21-10-4-3-5-11-21/h3-7,9-11,13,15-16H,8,12,14,17H2,1-2H3. The van der Waals surface area contributed by atoms with Gasteiger partial charge in [0.05, 0.1) is 22.5 Å². The average molecular weight is 448 g/mol. The number of nitrogens with zero attached hydrogens (tertiary/aromatic N) is 3. The Balaban J connectivity index is 1.51. The number of rotatable bonds is 8. The maximum atomic E-state index is 13.2. The lowest BCUT2D eigenvalue weighted by molar-refractivity contribution is -0.118. The highest BCUT2D eigenvalue weighted by Gasteiger charge is 2.21. The molecule has 0 atom stereocenters. The van der Waals surface area contributed by atoms with Crippen molar-refractivity contribution in [3.63, 3.8) is 0 Å². The van der Waals surface area contributed by atoms with Gasteiger partial charge in [0.15, 0.2) is 5.13 Å². The third-order valence-electron chi connectivity index (χ3n) is 4.93. The maximum absolute atomic E-state index is 13.2. The predicted octanol–water partition coefficient (Wildman–Crippen LogP) is 6.41. The SMILES string of the molecule is Cc1cc(C)c2sc(N(Cc3ccccn3)C(=O)CCCSc3ccccc3)nc2c1. The van der Waals surface area contributed by atoms with E-state index < -0.39 is 0 Å². The molecule has 0 N–H and O–H groups in total. The second kappa shape index (κ2) is 10.1. The van der Waals surface area contributed by atoms with Crippen molar-refractivity contribution in [2.24, 2.45) is 0 Å². The Hall–Kier alpha value is -2.70. The second-order valence-electron chi connectivity index (χ2n) is 7.49. The number of benzene rings is 2. The summed E-state index contributed by atoms with van der Waals surface area (Å²) in [6, 6.07) is 20.3. The Morgan fingerprint density at radius 3 is 2.65 bits per heavy atom. The molecule has 0 saturated carbocycles. The van der Waals surface area contributed by atoms with Gasteiger partial charge in [-0.1, -0.05) is 41.7 Å². The minimum absolute atomic E-state index is 0.0905. The van der Waals surface area contributed by atoms with Crippen LogP contribution in [-0.4, -0.2) is 21.6 Å². The molecule has 158 valence electrons. The Labute approximate surface area is 191 Å². The van der Waals surface area contributed by atoms with Gasteiger partial charge in [-0.3, -0.25) is 14.7 Å². The Kier molecular flexibility index (Phi) is 6.99. The maximum Gasteiger partial charge on any atom is 0.229 e. The van der Waals surface area contributed by atoms with Gasteiger partial charge in [0, 0.05) is 17.5 Å². The highest BCUT2D eigenvalue weighted by Crippen LogP contribution is 2.33. The highest BCUT2D eigenvalue weighted by molar-refractivity contribution is 7.99. The van der Waals surface area contributed by atoms with E-state index in [4.69, 9.17) is 4.98 Å². The summed E-state index contributed by atoms with van der Waals surface area (Å²) < 4.78 is 1.14. The molecule has 31 heavy (non-hydrogen) atoms. The number of aromatic nitrogens is 2. The van der Waals surface area contributed by atoms with E-state index in [0.29, 0.717) is 13.0 Å². The molecule has 0 aliphatic rings. The quantitative estimate of drug-likeness (QED) is 0.231. The van der Waals surface area contributed by atoms with Gasteiger partial charge in [0.2, 0.25) is 5.91 Å². The van der Waals surface area contributed by atoms with E-state index in [2.05, 4.69) is 43.1 Å². The molecule has 6 heteroatoms. The average Bonchev–Trinajstić information content (AvgIpc) is 3.20. The summed E-state index contributed by atoms with van der Waals surface area (Å²) in [4.78, 5) is 25.5. The zero-order valence-electron chi connectivity index (χ0n) is 17.7. The molecule has 2 heterocycles. The number of hydrogen-bond donors (Lipinski definition) is 0. The summed E-state index contributed by atoms with van der Waals surface area (Å²) in [6.07, 6.45) is 3.07. The van der Waals surface area contributed by atoms with Gasteiger partial charge in [0.1, 0.15) is 0 Å². The van der Waals surface area contributed by atoms with E-state index in [9.17, 15) is 4.79 Å². The van der Waals surface area contributed by atoms with Crippen molar-refractivity contribution in [2.45, 2.75) is 38.1 Å². The van der Waals surface area contributed by atoms with Gasteiger partial charge in [-0.2, -0.15) is 0 Å². The minimum Gasteiger partial charge on any atom is -0.282 e. The summed E-state index contributed by atoms with van der Waals surface area (Å²) in [7, 11) is 0. The summed E-state index contributed by atoms with van der Waals surface area (Å²) in [5.41, 5.74) is 4.20. The van der Waals surface area contributed by atoms with Crippen LogP contribution in [0.3, 0.4) is 0 Å². The first-order chi connectivity index (χ1) is 15.1. The van der Waals surface area contributed by atoms with Gasteiger partial charge in [0.25, 0.3) is 0 Å². The number of anilines is 1. The van der Waals surface area contributed by atoms with E-state index in [1.54, 1.807) is 34.2 Å². The van der Waals surface area contributed by atoms with Crippen molar-refractivity contribution in [1.29, 1.82) is 0 Å². The third-order valence-corrected chi connectivity index (χ3v) is 7.26. The molecule has 4 rings (SSSR count). The number of hydrogen-bond acceptors (Lipinski definition) is 5. The lowest BCUT2D eigenvalue weighted by atomic mass is 10.1. The summed E-state index contributed by atoms with van der Waals surface area (Å²) in [5, 5.41) is 0.745. The van der Waals surface area contributed by atoms with Crippen molar-refractivity contribution < 1.29 is 4.79 Å². The van der Waals surface area contributed by atoms with Crippen LogP contribution >= 0.6 is 23.1 Å². The number of carbonyl (C=O) groups is 1. The molecule has 0 unspecified atom stereocenters. The molecule has 4 aromatic rings. The minimum atomic E-state index is 0.0905. The topological polar surface area (TPSA) is 46.1 Å². The van der Waals surface area contributed by atoms with Crippen molar-refractivity contribution in [2.75, 3.05) is 10.7 Å². The van der Waals surface area contributed by atoms with Gasteiger partial charge in [-0.25, -0.2) is 4.98 Å². The summed E-state index contributed by atoms with van der Waals surface area (Å²) in [5.74, 6) is 0.999. The molecular weight excluding hydrogens is 422 g/mol. The van der Waals surface area contributed by atoms with Crippen LogP contribution in [0.25, 0.3) is 10.2 Å². The fourth-order valence-corrected chi connectivity index (χ4v) is 5.37. The van der Waals surface area contributed by atoms with E-state index in [1.165, 1.54) is 16.0 Å². The van der Waals surface area contributed by atoms with E-state index in [1.807, 2.05) is 36.4 Å². The Bertz CT molecular complexity index is 1160. The summed E-state index contributed by atoms with van der Waals surface area (Å²) in [6.45, 7) is 4.61. The van der Waals surface area contributed by atoms with E-state index in [0.717, 1.165) is 33.2 Å². The first-order valence-corrected chi connectivity index (χ1v) is 12.2. The molecule has 2 aromatic carbocycles. The van der Waals surface area contributed by atoms with Crippen LogP contribution in [0.4, 0.5) is 5.13 Å². The molecule has 0 aliphatic heterocycles. The van der Waals surface area contributed by atoms with Crippen LogP contribution in [-0.2, 0) is 11.3 Å². The van der Waals surface area contributed by atoms with E-state index in [-0.39, 0.29) is 5.91 Å². The molecule has 0 fully saturated rings. The van der Waals surface area contributed by atoms with Gasteiger partial charge >= 0.3 is 0 Å². The number of pyridine rings is 1. The van der Waals surface area contributed by atoms with Crippen molar-refractivity contribution >= 4 is 44.4 Å². The lowest BCUT2D eigenvalue weighted by Crippen LogP contribution is -2.30. The van der Waals surface area contributed by atoms with Crippen LogP contribution in [0.15, 0.2) is 71.8 Å². The van der Waals surface area contributed by atoms with Crippen LogP contribution in [0.5, 0.6) is 0 Å². The van der Waals surface area contributed by atoms with Gasteiger partial charge in [-0.05, 0) is 67.5 Å². The number of carbonyl (C=O) groups excluding carboxylic acids is 1. The third kappa shape index (κ3) is 5.51. The Morgan fingerprint density at radius 2 is 1.87 bits per heavy atom. The molecule has 1 amide bonds. The number of thioether (sulfide) groups is 1.